The Morgan fingerprint density at radius 3 is 2.80 bits per heavy atom. The van der Waals surface area contributed by atoms with Crippen LogP contribution in [0.4, 0.5) is 0 Å². The minimum absolute atomic E-state index is 0.159. The summed E-state index contributed by atoms with van der Waals surface area (Å²) in [5, 5.41) is 3.37. The van der Waals surface area contributed by atoms with Crippen molar-refractivity contribution in [3.8, 4) is 0 Å². The number of likely N-dealkylation sites (tertiary alicyclic amines) is 1. The van der Waals surface area contributed by atoms with Crippen LogP contribution in [0.5, 0.6) is 0 Å². The molecule has 2 atom stereocenters. The van der Waals surface area contributed by atoms with Gasteiger partial charge >= 0.3 is 0 Å². The molecule has 0 saturated carbocycles. The lowest BCUT2D eigenvalue weighted by Gasteiger charge is -2.15. The van der Waals surface area contributed by atoms with Crippen molar-refractivity contribution in [2.45, 2.75) is 0 Å². The van der Waals surface area contributed by atoms with Crippen LogP contribution in [0.25, 0.3) is 0 Å². The van der Waals surface area contributed by atoms with E-state index in [0.29, 0.717) is 11.8 Å². The third kappa shape index (κ3) is 1.55. The lowest BCUT2D eigenvalue weighted by molar-refractivity contribution is 0.0786. The van der Waals surface area contributed by atoms with Crippen LogP contribution in [-0.2, 0) is 0 Å². The van der Waals surface area contributed by atoms with Crippen molar-refractivity contribution in [2.24, 2.45) is 11.8 Å². The number of hydrogen-bond acceptors (Lipinski definition) is 4. The zero-order chi connectivity index (χ0) is 10.3. The summed E-state index contributed by atoms with van der Waals surface area (Å²) < 4.78 is 0. The molecule has 2 aliphatic heterocycles. The molecule has 2 fully saturated rings. The molecule has 1 N–H and O–H groups in total. The third-order valence-electron chi connectivity index (χ3n) is 3.32. The van der Waals surface area contributed by atoms with E-state index in [1.54, 1.807) is 11.7 Å². The van der Waals surface area contributed by atoms with E-state index in [4.69, 9.17) is 0 Å². The van der Waals surface area contributed by atoms with Crippen LogP contribution in [0.3, 0.4) is 0 Å². The van der Waals surface area contributed by atoms with Crippen molar-refractivity contribution < 1.29 is 4.79 Å². The second-order valence-corrected chi connectivity index (χ2v) is 5.14. The SMILES string of the molecule is O=C(c1cncs1)N1C[C@H]2CNC[C@H]2C1. The summed E-state index contributed by atoms with van der Waals surface area (Å²) in [4.78, 5) is 18.7. The number of carbonyl (C=O) groups excluding carboxylic acids is 1. The summed E-state index contributed by atoms with van der Waals surface area (Å²) >= 11 is 1.43. The van der Waals surface area contributed by atoms with Crippen LogP contribution >= 0.6 is 11.3 Å². The fourth-order valence-electron chi connectivity index (χ4n) is 2.50. The van der Waals surface area contributed by atoms with Crippen molar-refractivity contribution >= 4 is 17.2 Å². The maximum Gasteiger partial charge on any atom is 0.265 e. The highest BCUT2D eigenvalue weighted by Crippen LogP contribution is 2.27. The van der Waals surface area contributed by atoms with Gasteiger partial charge in [0.15, 0.2) is 0 Å². The van der Waals surface area contributed by atoms with Crippen molar-refractivity contribution in [3.63, 3.8) is 0 Å². The maximum atomic E-state index is 12.0. The average Bonchev–Trinajstić information content (AvgIpc) is 2.92. The summed E-state index contributed by atoms with van der Waals surface area (Å²) in [6.07, 6.45) is 1.67. The Morgan fingerprint density at radius 2 is 2.20 bits per heavy atom. The van der Waals surface area contributed by atoms with Gasteiger partial charge in [0.25, 0.3) is 5.91 Å². The molecule has 2 saturated heterocycles. The molecular formula is C10H13N3OS. The highest BCUT2D eigenvalue weighted by Gasteiger charge is 2.38. The first-order valence-corrected chi connectivity index (χ1v) is 6.11. The second-order valence-electron chi connectivity index (χ2n) is 4.25. The molecule has 4 nitrogen and oxygen atoms in total. The van der Waals surface area contributed by atoms with E-state index < -0.39 is 0 Å². The summed E-state index contributed by atoms with van der Waals surface area (Å²) in [5.74, 6) is 1.50. The molecule has 80 valence electrons. The predicted molar refractivity (Wildman–Crippen MR) is 57.9 cm³/mol. The number of fused-ring (bicyclic) bond motifs is 1. The van der Waals surface area contributed by atoms with Gasteiger partial charge in [0.05, 0.1) is 11.7 Å². The maximum absolute atomic E-state index is 12.0. The zero-order valence-corrected chi connectivity index (χ0v) is 9.17. The van der Waals surface area contributed by atoms with E-state index in [9.17, 15) is 4.79 Å². The standard InChI is InChI=1S/C10H13N3OS/c14-10(9-3-12-6-15-9)13-4-7-1-11-2-8(7)5-13/h3,6-8,11H,1-2,4-5H2/t7-,8+. The van der Waals surface area contributed by atoms with Crippen LogP contribution in [0.15, 0.2) is 11.7 Å². The first kappa shape index (κ1) is 9.30. The Morgan fingerprint density at radius 1 is 1.47 bits per heavy atom. The number of aromatic nitrogens is 1. The molecule has 0 bridgehead atoms. The van der Waals surface area contributed by atoms with Gasteiger partial charge in [0.1, 0.15) is 4.88 Å². The molecule has 1 amide bonds. The molecule has 0 radical (unpaired) electrons. The Bertz CT molecular complexity index is 353. The van der Waals surface area contributed by atoms with Crippen LogP contribution in [0.2, 0.25) is 0 Å². The average molecular weight is 223 g/mol. The van der Waals surface area contributed by atoms with Crippen molar-refractivity contribution in [1.29, 1.82) is 0 Å². The summed E-state index contributed by atoms with van der Waals surface area (Å²) in [5.41, 5.74) is 1.71. The van der Waals surface area contributed by atoms with Gasteiger partial charge in [-0.05, 0) is 11.8 Å². The number of nitrogens with zero attached hydrogens (tertiary/aromatic N) is 2. The van der Waals surface area contributed by atoms with E-state index in [1.807, 2.05) is 4.90 Å². The monoisotopic (exact) mass is 223 g/mol. The molecule has 1 aromatic heterocycles. The molecule has 2 aliphatic rings. The summed E-state index contributed by atoms with van der Waals surface area (Å²) in [7, 11) is 0. The molecular weight excluding hydrogens is 210 g/mol. The topological polar surface area (TPSA) is 45.2 Å². The van der Waals surface area contributed by atoms with Gasteiger partial charge in [0.2, 0.25) is 0 Å². The normalized spacial score (nSPS) is 29.5. The van der Waals surface area contributed by atoms with Crippen LogP contribution in [0, 0.1) is 11.8 Å². The molecule has 0 spiro atoms. The predicted octanol–water partition coefficient (Wildman–Crippen LogP) is 0.434. The number of amides is 1. The van der Waals surface area contributed by atoms with Gasteiger partial charge < -0.3 is 10.2 Å². The zero-order valence-electron chi connectivity index (χ0n) is 8.35. The highest BCUT2D eigenvalue weighted by atomic mass is 32.1. The van der Waals surface area contributed by atoms with Gasteiger partial charge in [-0.3, -0.25) is 9.78 Å². The Labute approximate surface area is 92.3 Å². The smallest absolute Gasteiger partial charge is 0.265 e. The van der Waals surface area contributed by atoms with E-state index >= 15 is 0 Å². The quantitative estimate of drug-likeness (QED) is 0.751. The lowest BCUT2D eigenvalue weighted by atomic mass is 10.0. The molecule has 0 unspecified atom stereocenters. The van der Waals surface area contributed by atoms with Crippen LogP contribution < -0.4 is 5.32 Å². The van der Waals surface area contributed by atoms with Gasteiger partial charge in [0, 0.05) is 26.2 Å². The molecule has 0 aliphatic carbocycles. The van der Waals surface area contributed by atoms with Crippen LogP contribution in [-0.4, -0.2) is 42.0 Å². The Hall–Kier alpha value is -0.940. The second kappa shape index (κ2) is 3.57. The van der Waals surface area contributed by atoms with E-state index in [0.717, 1.165) is 31.1 Å². The fourth-order valence-corrected chi connectivity index (χ4v) is 3.09. The minimum atomic E-state index is 0.159. The highest BCUT2D eigenvalue weighted by molar-refractivity contribution is 7.11. The summed E-state index contributed by atoms with van der Waals surface area (Å²) in [6.45, 7) is 3.96. The lowest BCUT2D eigenvalue weighted by Crippen LogP contribution is -2.31. The van der Waals surface area contributed by atoms with Crippen molar-refractivity contribution in [2.75, 3.05) is 26.2 Å². The number of carbonyl (C=O) groups is 1. The molecule has 3 rings (SSSR count). The fraction of sp³-hybridized carbons (Fsp3) is 0.600. The first-order chi connectivity index (χ1) is 7.34. The first-order valence-electron chi connectivity index (χ1n) is 5.23. The summed E-state index contributed by atoms with van der Waals surface area (Å²) in [6, 6.07) is 0. The number of rotatable bonds is 1. The van der Waals surface area contributed by atoms with E-state index in [1.165, 1.54) is 11.3 Å². The van der Waals surface area contributed by atoms with Gasteiger partial charge in [-0.25, -0.2) is 0 Å². The van der Waals surface area contributed by atoms with E-state index in [2.05, 4.69) is 10.3 Å². The largest absolute Gasteiger partial charge is 0.337 e. The van der Waals surface area contributed by atoms with Gasteiger partial charge in [-0.1, -0.05) is 0 Å². The third-order valence-corrected chi connectivity index (χ3v) is 4.08. The molecule has 3 heterocycles. The van der Waals surface area contributed by atoms with Gasteiger partial charge in [-0.15, -0.1) is 11.3 Å². The molecule has 0 aromatic carbocycles. The Kier molecular flexibility index (Phi) is 2.21. The number of thiazole rings is 1. The number of nitrogens with one attached hydrogen (secondary N) is 1. The number of hydrogen-bond donors (Lipinski definition) is 1. The van der Waals surface area contributed by atoms with Crippen LogP contribution in [0.1, 0.15) is 9.67 Å². The van der Waals surface area contributed by atoms with Gasteiger partial charge in [-0.2, -0.15) is 0 Å². The molecule has 15 heavy (non-hydrogen) atoms. The van der Waals surface area contributed by atoms with E-state index in [-0.39, 0.29) is 5.91 Å². The molecule has 5 heteroatoms. The van der Waals surface area contributed by atoms with Crippen molar-refractivity contribution in [1.82, 2.24) is 15.2 Å². The van der Waals surface area contributed by atoms with Crippen molar-refractivity contribution in [3.05, 3.63) is 16.6 Å². The molecule has 1 aromatic rings. The minimum Gasteiger partial charge on any atom is -0.337 e. The Balaban J connectivity index is 1.72.